The molecular formula is C25H29F3N3O3PS. The summed E-state index contributed by atoms with van der Waals surface area (Å²) in [6.07, 6.45) is -3.75. The molecule has 0 saturated heterocycles. The van der Waals surface area contributed by atoms with Gasteiger partial charge >= 0.3 is 6.18 Å². The van der Waals surface area contributed by atoms with Crippen LogP contribution in [0.1, 0.15) is 31.9 Å². The lowest BCUT2D eigenvalue weighted by Crippen LogP contribution is -2.17. The fourth-order valence-electron chi connectivity index (χ4n) is 3.80. The number of pyridine rings is 1. The third-order valence-corrected chi connectivity index (χ3v) is 9.58. The largest absolute Gasteiger partial charge is 0.419 e. The Hall–Kier alpha value is -2.84. The molecular weight excluding hydrogens is 510 g/mol. The van der Waals surface area contributed by atoms with Gasteiger partial charge in [-0.1, -0.05) is 31.2 Å². The second-order valence-electron chi connectivity index (χ2n) is 9.07. The Kier molecular flexibility index (Phi) is 7.63. The van der Waals surface area contributed by atoms with Crippen LogP contribution in [0.5, 0.6) is 0 Å². The van der Waals surface area contributed by atoms with Gasteiger partial charge in [-0.2, -0.15) is 13.2 Å². The molecule has 3 rings (SSSR count). The second kappa shape index (κ2) is 9.90. The summed E-state index contributed by atoms with van der Waals surface area (Å²) in [5, 5.41) is 2.54. The summed E-state index contributed by atoms with van der Waals surface area (Å²) in [6.45, 7) is 8.05. The van der Waals surface area contributed by atoms with Crippen LogP contribution in [0.3, 0.4) is 0 Å². The highest BCUT2D eigenvalue weighted by atomic mass is 32.2. The molecule has 0 unspecified atom stereocenters. The summed E-state index contributed by atoms with van der Waals surface area (Å²) >= 11 is 0. The Balaban J connectivity index is 2.37. The van der Waals surface area contributed by atoms with Crippen LogP contribution in [-0.4, -0.2) is 32.0 Å². The normalized spacial score (nSPS) is 12.7. The number of para-hydroxylation sites is 1. The topological polar surface area (TPSA) is 102 Å². The van der Waals surface area contributed by atoms with Crippen LogP contribution in [0, 0.1) is 0 Å². The molecule has 0 fully saturated rings. The number of benzene rings is 2. The van der Waals surface area contributed by atoms with E-state index in [1.807, 2.05) is 6.92 Å². The average molecular weight is 540 g/mol. The van der Waals surface area contributed by atoms with E-state index in [9.17, 15) is 26.2 Å². The van der Waals surface area contributed by atoms with Crippen molar-refractivity contribution in [3.8, 4) is 11.1 Å². The van der Waals surface area contributed by atoms with Gasteiger partial charge < -0.3 is 15.6 Å². The Bertz CT molecular complexity index is 1450. The van der Waals surface area contributed by atoms with Crippen molar-refractivity contribution in [2.75, 3.05) is 24.4 Å². The van der Waals surface area contributed by atoms with E-state index in [1.165, 1.54) is 38.1 Å². The zero-order valence-electron chi connectivity index (χ0n) is 20.6. The van der Waals surface area contributed by atoms with Gasteiger partial charge in [-0.05, 0) is 62.9 Å². The molecule has 0 bridgehead atoms. The first-order chi connectivity index (χ1) is 16.6. The zero-order valence-corrected chi connectivity index (χ0v) is 22.4. The zero-order chi connectivity index (χ0) is 27.1. The van der Waals surface area contributed by atoms with Crippen molar-refractivity contribution in [1.82, 2.24) is 4.98 Å². The molecule has 194 valence electrons. The number of aromatic nitrogens is 1. The standard InChI is InChI=1S/C25H29F3N3O3PS/c1-6-16-13-17(35(4,5)32)11-12-18(16)22-23(19(25(26,27)28)14-30-24(22)29)31-20-9-7-8-10-21(20)36(33,34)15(2)3/h7-15H,6H2,1-5H3,(H3,29,30,31). The highest BCUT2D eigenvalue weighted by Crippen LogP contribution is 2.46. The molecule has 3 aromatic rings. The molecule has 0 aliphatic carbocycles. The van der Waals surface area contributed by atoms with Crippen molar-refractivity contribution in [3.05, 3.63) is 59.8 Å². The minimum atomic E-state index is -4.81. The number of nitrogen functional groups attached to an aromatic ring is 1. The van der Waals surface area contributed by atoms with Crippen LogP contribution in [0.15, 0.2) is 53.6 Å². The summed E-state index contributed by atoms with van der Waals surface area (Å²) < 4.78 is 81.0. The van der Waals surface area contributed by atoms with Crippen LogP contribution in [-0.2, 0) is 27.0 Å². The molecule has 36 heavy (non-hydrogen) atoms. The van der Waals surface area contributed by atoms with E-state index in [2.05, 4.69) is 10.3 Å². The number of sulfone groups is 1. The minimum Gasteiger partial charge on any atom is -0.383 e. The Labute approximate surface area is 209 Å². The molecule has 0 radical (unpaired) electrons. The number of nitrogens with one attached hydrogen (secondary N) is 1. The quantitative estimate of drug-likeness (QED) is 0.353. The molecule has 0 spiro atoms. The lowest BCUT2D eigenvalue weighted by atomic mass is 9.95. The van der Waals surface area contributed by atoms with Gasteiger partial charge in [0.25, 0.3) is 0 Å². The predicted molar refractivity (Wildman–Crippen MR) is 140 cm³/mol. The van der Waals surface area contributed by atoms with Crippen LogP contribution in [0.25, 0.3) is 11.1 Å². The predicted octanol–water partition coefficient (Wildman–Crippen LogP) is 6.09. The number of rotatable bonds is 7. The van der Waals surface area contributed by atoms with Crippen molar-refractivity contribution in [2.24, 2.45) is 0 Å². The van der Waals surface area contributed by atoms with Gasteiger partial charge in [0.05, 0.1) is 27.1 Å². The summed E-state index contributed by atoms with van der Waals surface area (Å²) in [5.41, 5.74) is 5.66. The molecule has 6 nitrogen and oxygen atoms in total. The summed E-state index contributed by atoms with van der Waals surface area (Å²) in [4.78, 5) is 3.69. The summed E-state index contributed by atoms with van der Waals surface area (Å²) in [7, 11) is -6.45. The molecule has 0 atom stereocenters. The first-order valence-electron chi connectivity index (χ1n) is 11.2. The van der Waals surface area contributed by atoms with E-state index < -0.39 is 39.7 Å². The second-order valence-corrected chi connectivity index (χ2v) is 14.8. The first-order valence-corrected chi connectivity index (χ1v) is 15.4. The number of hydrogen-bond acceptors (Lipinski definition) is 6. The van der Waals surface area contributed by atoms with Gasteiger partial charge in [0.2, 0.25) is 0 Å². The number of nitrogens with zero attached hydrogens (tertiary/aromatic N) is 1. The SMILES string of the molecule is CCc1cc(P(C)(C)=O)ccc1-c1c(N)ncc(C(F)(F)F)c1Nc1ccccc1S(=O)(=O)C(C)C. The van der Waals surface area contributed by atoms with Gasteiger partial charge in [0.15, 0.2) is 9.84 Å². The molecule has 0 aliphatic heterocycles. The fourth-order valence-corrected chi connectivity index (χ4v) is 5.90. The maximum Gasteiger partial charge on any atom is 0.419 e. The first kappa shape index (κ1) is 27.7. The third-order valence-electron chi connectivity index (χ3n) is 5.85. The van der Waals surface area contributed by atoms with E-state index in [0.29, 0.717) is 29.0 Å². The van der Waals surface area contributed by atoms with Gasteiger partial charge in [0.1, 0.15) is 13.0 Å². The van der Waals surface area contributed by atoms with Gasteiger partial charge in [0, 0.05) is 17.1 Å². The number of halogens is 3. The van der Waals surface area contributed by atoms with Crippen molar-refractivity contribution in [3.63, 3.8) is 0 Å². The number of anilines is 3. The third kappa shape index (κ3) is 5.44. The van der Waals surface area contributed by atoms with Crippen LogP contribution >= 0.6 is 7.14 Å². The van der Waals surface area contributed by atoms with E-state index in [1.54, 1.807) is 31.5 Å². The number of aryl methyl sites for hydroxylation is 1. The van der Waals surface area contributed by atoms with Gasteiger partial charge in [-0.3, -0.25) is 0 Å². The highest BCUT2D eigenvalue weighted by Gasteiger charge is 2.37. The fraction of sp³-hybridized carbons (Fsp3) is 0.320. The smallest absolute Gasteiger partial charge is 0.383 e. The van der Waals surface area contributed by atoms with Crippen molar-refractivity contribution in [2.45, 2.75) is 43.5 Å². The maximum absolute atomic E-state index is 14.2. The molecule has 0 amide bonds. The number of alkyl halides is 3. The molecule has 11 heteroatoms. The van der Waals surface area contributed by atoms with Crippen LogP contribution < -0.4 is 16.4 Å². The maximum atomic E-state index is 14.2. The Morgan fingerprint density at radius 2 is 1.75 bits per heavy atom. The lowest BCUT2D eigenvalue weighted by Gasteiger charge is -2.23. The van der Waals surface area contributed by atoms with E-state index in [0.717, 1.165) is 0 Å². The lowest BCUT2D eigenvalue weighted by molar-refractivity contribution is -0.137. The molecule has 3 N–H and O–H groups in total. The molecule has 1 aromatic heterocycles. The van der Waals surface area contributed by atoms with Gasteiger partial charge in [-0.15, -0.1) is 0 Å². The van der Waals surface area contributed by atoms with Crippen molar-refractivity contribution in [1.29, 1.82) is 0 Å². The average Bonchev–Trinajstić information content (AvgIpc) is 2.77. The van der Waals surface area contributed by atoms with Crippen LogP contribution in [0.4, 0.5) is 30.4 Å². The van der Waals surface area contributed by atoms with Crippen LogP contribution in [0.2, 0.25) is 0 Å². The molecule has 0 aliphatic rings. The number of nitrogens with two attached hydrogens (primary N) is 1. The van der Waals surface area contributed by atoms with Crippen molar-refractivity contribution >= 4 is 39.5 Å². The minimum absolute atomic E-state index is 0.00740. The van der Waals surface area contributed by atoms with E-state index in [-0.39, 0.29) is 22.0 Å². The monoisotopic (exact) mass is 539 g/mol. The molecule has 0 saturated carbocycles. The number of hydrogen-bond donors (Lipinski definition) is 2. The Morgan fingerprint density at radius 3 is 2.31 bits per heavy atom. The summed E-state index contributed by atoms with van der Waals surface area (Å²) in [5.74, 6) is -0.159. The van der Waals surface area contributed by atoms with E-state index >= 15 is 0 Å². The summed E-state index contributed by atoms with van der Waals surface area (Å²) in [6, 6.07) is 10.7. The Morgan fingerprint density at radius 1 is 1.11 bits per heavy atom. The highest BCUT2D eigenvalue weighted by molar-refractivity contribution is 7.92. The molecule has 2 aromatic carbocycles. The van der Waals surface area contributed by atoms with Gasteiger partial charge in [-0.25, -0.2) is 13.4 Å². The molecule has 1 heterocycles. The van der Waals surface area contributed by atoms with Crippen molar-refractivity contribution < 1.29 is 26.2 Å². The van der Waals surface area contributed by atoms with E-state index in [4.69, 9.17) is 5.73 Å².